The Hall–Kier alpha value is -1.32. The van der Waals surface area contributed by atoms with Gasteiger partial charge < -0.3 is 9.67 Å². The molecule has 4 nitrogen and oxygen atoms in total. The van der Waals surface area contributed by atoms with E-state index in [0.717, 1.165) is 5.69 Å². The second-order valence-corrected chi connectivity index (χ2v) is 4.07. The van der Waals surface area contributed by atoms with Crippen LogP contribution in [0.4, 0.5) is 0 Å². The molecule has 0 spiro atoms. The highest BCUT2D eigenvalue weighted by Crippen LogP contribution is 2.19. The maximum absolute atomic E-state index is 10.4. The summed E-state index contributed by atoms with van der Waals surface area (Å²) in [4.78, 5) is 14.5. The fourth-order valence-corrected chi connectivity index (χ4v) is 0.990. The molecule has 1 aromatic rings. The van der Waals surface area contributed by atoms with Crippen LogP contribution in [0.5, 0.6) is 0 Å². The largest absolute Gasteiger partial charge is 0.480 e. The Kier molecular flexibility index (Phi) is 2.40. The van der Waals surface area contributed by atoms with E-state index in [1.807, 2.05) is 20.8 Å². The summed E-state index contributed by atoms with van der Waals surface area (Å²) in [5, 5.41) is 8.53. The van der Waals surface area contributed by atoms with E-state index >= 15 is 0 Å². The number of hydrogen-bond acceptors (Lipinski definition) is 2. The number of aliphatic carboxylic acids is 1. The van der Waals surface area contributed by atoms with Crippen LogP contribution in [0, 0.1) is 0 Å². The highest BCUT2D eigenvalue weighted by atomic mass is 16.4. The average Bonchev–Trinajstić information content (AvgIpc) is 2.32. The van der Waals surface area contributed by atoms with E-state index in [1.165, 1.54) is 0 Å². The lowest BCUT2D eigenvalue weighted by atomic mass is 9.93. The summed E-state index contributed by atoms with van der Waals surface area (Å²) < 4.78 is 1.57. The molecule has 0 saturated heterocycles. The molecule has 0 radical (unpaired) electrons. The number of nitrogens with zero attached hydrogens (tertiary/aromatic N) is 2. The molecule has 0 unspecified atom stereocenters. The first-order valence-electron chi connectivity index (χ1n) is 4.13. The zero-order chi connectivity index (χ0) is 10.1. The SMILES string of the molecule is CC(C)(C)c1cn(CC(=O)O)cn1. The molecule has 0 saturated carbocycles. The molecule has 13 heavy (non-hydrogen) atoms. The highest BCUT2D eigenvalue weighted by molar-refractivity contribution is 5.66. The van der Waals surface area contributed by atoms with Gasteiger partial charge in [0.2, 0.25) is 0 Å². The topological polar surface area (TPSA) is 55.1 Å². The van der Waals surface area contributed by atoms with Gasteiger partial charge in [-0.05, 0) is 0 Å². The molecule has 0 atom stereocenters. The van der Waals surface area contributed by atoms with Crippen molar-refractivity contribution in [3.63, 3.8) is 0 Å². The maximum Gasteiger partial charge on any atom is 0.323 e. The Balaban J connectivity index is 2.81. The van der Waals surface area contributed by atoms with Crippen LogP contribution in [-0.4, -0.2) is 20.6 Å². The van der Waals surface area contributed by atoms with Gasteiger partial charge in [-0.2, -0.15) is 0 Å². The van der Waals surface area contributed by atoms with Gasteiger partial charge in [0.1, 0.15) is 6.54 Å². The first-order valence-corrected chi connectivity index (χ1v) is 4.13. The van der Waals surface area contributed by atoms with E-state index in [2.05, 4.69) is 4.98 Å². The molecule has 0 bridgehead atoms. The van der Waals surface area contributed by atoms with E-state index in [0.29, 0.717) is 0 Å². The maximum atomic E-state index is 10.4. The number of hydrogen-bond donors (Lipinski definition) is 1. The number of aromatic nitrogens is 2. The smallest absolute Gasteiger partial charge is 0.323 e. The second-order valence-electron chi connectivity index (χ2n) is 4.07. The summed E-state index contributed by atoms with van der Waals surface area (Å²) in [6, 6.07) is 0. The van der Waals surface area contributed by atoms with Crippen LogP contribution in [0.25, 0.3) is 0 Å². The Morgan fingerprint density at radius 3 is 2.62 bits per heavy atom. The third-order valence-corrected chi connectivity index (χ3v) is 1.72. The molecule has 0 aliphatic carbocycles. The number of imidazole rings is 1. The van der Waals surface area contributed by atoms with Crippen LogP contribution in [0.2, 0.25) is 0 Å². The number of carbonyl (C=O) groups is 1. The molecule has 1 N–H and O–H groups in total. The number of rotatable bonds is 2. The lowest BCUT2D eigenvalue weighted by molar-refractivity contribution is -0.137. The van der Waals surface area contributed by atoms with Crippen molar-refractivity contribution in [2.45, 2.75) is 32.7 Å². The summed E-state index contributed by atoms with van der Waals surface area (Å²) in [6.07, 6.45) is 3.32. The van der Waals surface area contributed by atoms with Gasteiger partial charge in [-0.3, -0.25) is 4.79 Å². The fraction of sp³-hybridized carbons (Fsp3) is 0.556. The van der Waals surface area contributed by atoms with Crippen molar-refractivity contribution in [2.75, 3.05) is 0 Å². The summed E-state index contributed by atoms with van der Waals surface area (Å²) in [5.74, 6) is -0.849. The van der Waals surface area contributed by atoms with Crippen LogP contribution >= 0.6 is 0 Å². The van der Waals surface area contributed by atoms with Gasteiger partial charge in [0.05, 0.1) is 12.0 Å². The molecule has 72 valence electrons. The van der Waals surface area contributed by atoms with Crippen molar-refractivity contribution >= 4 is 5.97 Å². The lowest BCUT2D eigenvalue weighted by Gasteiger charge is -2.13. The van der Waals surface area contributed by atoms with Crippen LogP contribution in [-0.2, 0) is 16.8 Å². The predicted molar refractivity (Wildman–Crippen MR) is 48.6 cm³/mol. The van der Waals surface area contributed by atoms with Crippen molar-refractivity contribution in [1.82, 2.24) is 9.55 Å². The molecule has 0 aromatic carbocycles. The molecule has 1 aromatic heterocycles. The van der Waals surface area contributed by atoms with Crippen molar-refractivity contribution < 1.29 is 9.90 Å². The highest BCUT2D eigenvalue weighted by Gasteiger charge is 2.16. The van der Waals surface area contributed by atoms with Crippen molar-refractivity contribution in [2.24, 2.45) is 0 Å². The molecule has 0 amide bonds. The van der Waals surface area contributed by atoms with Gasteiger partial charge in [-0.15, -0.1) is 0 Å². The molecule has 4 heteroatoms. The minimum atomic E-state index is -0.849. The van der Waals surface area contributed by atoms with Gasteiger partial charge in [0.25, 0.3) is 0 Å². The minimum absolute atomic E-state index is 0.0241. The zero-order valence-corrected chi connectivity index (χ0v) is 8.11. The molecule has 1 rings (SSSR count). The average molecular weight is 182 g/mol. The lowest BCUT2D eigenvalue weighted by Crippen LogP contribution is -2.12. The Morgan fingerprint density at radius 1 is 1.62 bits per heavy atom. The van der Waals surface area contributed by atoms with Crippen LogP contribution in [0.15, 0.2) is 12.5 Å². The normalized spacial score (nSPS) is 11.6. The van der Waals surface area contributed by atoms with Gasteiger partial charge in [-0.1, -0.05) is 20.8 Å². The third-order valence-electron chi connectivity index (χ3n) is 1.72. The van der Waals surface area contributed by atoms with Gasteiger partial charge >= 0.3 is 5.97 Å². The predicted octanol–water partition coefficient (Wildman–Crippen LogP) is 1.27. The quantitative estimate of drug-likeness (QED) is 0.749. The van der Waals surface area contributed by atoms with Crippen LogP contribution in [0.3, 0.4) is 0 Å². The third kappa shape index (κ3) is 2.57. The van der Waals surface area contributed by atoms with Gasteiger partial charge in [0, 0.05) is 11.6 Å². The van der Waals surface area contributed by atoms with Crippen molar-refractivity contribution in [1.29, 1.82) is 0 Å². The summed E-state index contributed by atoms with van der Waals surface area (Å²) >= 11 is 0. The van der Waals surface area contributed by atoms with E-state index in [9.17, 15) is 4.79 Å². The molecule has 1 heterocycles. The van der Waals surface area contributed by atoms with Gasteiger partial charge in [0.15, 0.2) is 0 Å². The summed E-state index contributed by atoms with van der Waals surface area (Å²) in [5.41, 5.74) is 0.887. The number of carboxylic acid groups (broad SMARTS) is 1. The Labute approximate surface area is 77.2 Å². The van der Waals surface area contributed by atoms with Crippen LogP contribution < -0.4 is 0 Å². The Bertz CT molecular complexity index is 310. The monoisotopic (exact) mass is 182 g/mol. The van der Waals surface area contributed by atoms with Crippen LogP contribution in [0.1, 0.15) is 26.5 Å². The fourth-order valence-electron chi connectivity index (χ4n) is 0.990. The summed E-state index contributed by atoms with van der Waals surface area (Å²) in [7, 11) is 0. The van der Waals surface area contributed by atoms with Crippen molar-refractivity contribution in [3.8, 4) is 0 Å². The van der Waals surface area contributed by atoms with E-state index in [4.69, 9.17) is 5.11 Å². The standard InChI is InChI=1S/C9H14N2O2/c1-9(2,3)7-4-11(6-10-7)5-8(12)13/h4,6H,5H2,1-3H3,(H,12,13). The van der Waals surface area contributed by atoms with Gasteiger partial charge in [-0.25, -0.2) is 4.98 Å². The van der Waals surface area contributed by atoms with E-state index < -0.39 is 5.97 Å². The minimum Gasteiger partial charge on any atom is -0.480 e. The number of carboxylic acids is 1. The molecule has 0 aliphatic heterocycles. The molecular formula is C9H14N2O2. The van der Waals surface area contributed by atoms with Crippen molar-refractivity contribution in [3.05, 3.63) is 18.2 Å². The molecular weight excluding hydrogens is 168 g/mol. The Morgan fingerprint density at radius 2 is 2.23 bits per heavy atom. The molecule has 0 fully saturated rings. The zero-order valence-electron chi connectivity index (χ0n) is 8.11. The van der Waals surface area contributed by atoms with E-state index in [-0.39, 0.29) is 12.0 Å². The first kappa shape index (κ1) is 9.77. The summed E-state index contributed by atoms with van der Waals surface area (Å²) in [6.45, 7) is 6.10. The molecule has 0 aliphatic rings. The first-order chi connectivity index (χ1) is 5.89. The second kappa shape index (κ2) is 3.20. The van der Waals surface area contributed by atoms with E-state index in [1.54, 1.807) is 17.1 Å².